The predicted molar refractivity (Wildman–Crippen MR) is 84.6 cm³/mol. The van der Waals surface area contributed by atoms with Crippen molar-refractivity contribution in [3.8, 4) is 0 Å². The number of hydrogen-bond donors (Lipinski definition) is 1. The Hall–Kier alpha value is -1.65. The molecule has 21 heavy (non-hydrogen) atoms. The topological polar surface area (TPSA) is 59.2 Å². The van der Waals surface area contributed by atoms with E-state index in [2.05, 4.69) is 4.98 Å². The van der Waals surface area contributed by atoms with Gasteiger partial charge < -0.3 is 10.6 Å². The smallest absolute Gasteiger partial charge is 0.254 e. The molecule has 1 amide bonds. The molecule has 110 valence electrons. The first-order valence-corrected chi connectivity index (χ1v) is 7.54. The number of hydrogen-bond acceptors (Lipinski definition) is 3. The van der Waals surface area contributed by atoms with Crippen LogP contribution in [0.1, 0.15) is 28.9 Å². The molecular weight excluding hydrogens is 286 g/mol. The number of nitrogens with zero attached hydrogens (tertiary/aromatic N) is 2. The second-order valence-electron chi connectivity index (χ2n) is 5.63. The molecule has 1 aromatic carbocycles. The van der Waals surface area contributed by atoms with Gasteiger partial charge in [0.05, 0.1) is 11.1 Å². The van der Waals surface area contributed by atoms with Crippen molar-refractivity contribution in [1.29, 1.82) is 0 Å². The van der Waals surface area contributed by atoms with Gasteiger partial charge in [-0.1, -0.05) is 11.6 Å². The number of fused-ring (bicyclic) bond motifs is 1. The number of likely N-dealkylation sites (tertiary alicyclic amines) is 1. The lowest BCUT2D eigenvalue weighted by Gasteiger charge is -2.31. The van der Waals surface area contributed by atoms with Crippen LogP contribution in [0.3, 0.4) is 0 Å². The normalized spacial score (nSPS) is 19.0. The van der Waals surface area contributed by atoms with Crippen molar-refractivity contribution in [3.63, 3.8) is 0 Å². The fourth-order valence-corrected chi connectivity index (χ4v) is 3.04. The first kappa shape index (κ1) is 14.3. The number of carbonyl (C=O) groups excluding carboxylic acids is 1. The minimum atomic E-state index is 0.0166. The number of pyridine rings is 1. The van der Waals surface area contributed by atoms with Crippen LogP contribution in [0.15, 0.2) is 24.3 Å². The van der Waals surface area contributed by atoms with Crippen LogP contribution in [0.4, 0.5) is 0 Å². The van der Waals surface area contributed by atoms with Crippen LogP contribution in [0.25, 0.3) is 10.9 Å². The molecule has 2 aromatic rings. The first-order chi connectivity index (χ1) is 10.0. The van der Waals surface area contributed by atoms with Crippen LogP contribution in [0.2, 0.25) is 5.02 Å². The molecule has 1 aromatic heterocycles. The van der Waals surface area contributed by atoms with E-state index in [-0.39, 0.29) is 11.9 Å². The monoisotopic (exact) mass is 303 g/mol. The summed E-state index contributed by atoms with van der Waals surface area (Å²) < 4.78 is 0. The number of piperidine rings is 1. The predicted octanol–water partition coefficient (Wildman–Crippen LogP) is 2.76. The Morgan fingerprint density at radius 3 is 3.00 bits per heavy atom. The lowest BCUT2D eigenvalue weighted by Crippen LogP contribution is -2.45. The highest BCUT2D eigenvalue weighted by Crippen LogP contribution is 2.24. The largest absolute Gasteiger partial charge is 0.337 e. The maximum Gasteiger partial charge on any atom is 0.254 e. The number of aromatic nitrogens is 1. The van der Waals surface area contributed by atoms with E-state index in [1.54, 1.807) is 12.1 Å². The van der Waals surface area contributed by atoms with Crippen LogP contribution in [-0.4, -0.2) is 34.9 Å². The van der Waals surface area contributed by atoms with Crippen molar-refractivity contribution in [3.05, 3.63) is 40.5 Å². The SMILES string of the molecule is Cc1cc(C(=O)N2CCC[C@@H](N)C2)c2cc(Cl)ccc2n1. The van der Waals surface area contributed by atoms with Gasteiger partial charge in [-0.2, -0.15) is 0 Å². The van der Waals surface area contributed by atoms with Gasteiger partial charge in [0.25, 0.3) is 5.91 Å². The molecule has 2 N–H and O–H groups in total. The van der Waals surface area contributed by atoms with Crippen molar-refractivity contribution < 1.29 is 4.79 Å². The van der Waals surface area contributed by atoms with Gasteiger partial charge in [-0.25, -0.2) is 0 Å². The Morgan fingerprint density at radius 1 is 1.43 bits per heavy atom. The van der Waals surface area contributed by atoms with E-state index in [4.69, 9.17) is 17.3 Å². The number of rotatable bonds is 1. The lowest BCUT2D eigenvalue weighted by molar-refractivity contribution is 0.0710. The molecule has 0 saturated carbocycles. The molecule has 0 bridgehead atoms. The van der Waals surface area contributed by atoms with E-state index in [0.717, 1.165) is 36.0 Å². The Labute approximate surface area is 128 Å². The van der Waals surface area contributed by atoms with Crippen LogP contribution >= 0.6 is 11.6 Å². The van der Waals surface area contributed by atoms with Gasteiger partial charge in [0, 0.05) is 35.2 Å². The lowest BCUT2D eigenvalue weighted by atomic mass is 10.0. The molecule has 1 aliphatic heterocycles. The Kier molecular flexibility index (Phi) is 3.83. The first-order valence-electron chi connectivity index (χ1n) is 7.16. The highest BCUT2D eigenvalue weighted by atomic mass is 35.5. The van der Waals surface area contributed by atoms with Gasteiger partial charge in [-0.3, -0.25) is 9.78 Å². The Balaban J connectivity index is 2.06. The third kappa shape index (κ3) is 2.87. The van der Waals surface area contributed by atoms with Gasteiger partial charge in [0.15, 0.2) is 0 Å². The summed E-state index contributed by atoms with van der Waals surface area (Å²) in [4.78, 5) is 19.1. The molecule has 0 radical (unpaired) electrons. The van der Waals surface area contributed by atoms with Gasteiger partial charge >= 0.3 is 0 Å². The maximum absolute atomic E-state index is 12.8. The number of carbonyl (C=O) groups is 1. The molecule has 0 spiro atoms. The zero-order valence-electron chi connectivity index (χ0n) is 12.0. The Bertz CT molecular complexity index is 701. The zero-order valence-corrected chi connectivity index (χ0v) is 12.7. The molecule has 3 rings (SSSR count). The summed E-state index contributed by atoms with van der Waals surface area (Å²) in [6.07, 6.45) is 1.93. The van der Waals surface area contributed by atoms with Crippen LogP contribution in [0, 0.1) is 6.92 Å². The van der Waals surface area contributed by atoms with Crippen molar-refractivity contribution in [2.75, 3.05) is 13.1 Å². The fourth-order valence-electron chi connectivity index (χ4n) is 2.87. The number of aryl methyl sites for hydroxylation is 1. The van der Waals surface area contributed by atoms with Gasteiger partial charge in [-0.15, -0.1) is 0 Å². The molecule has 0 aliphatic carbocycles. The van der Waals surface area contributed by atoms with Gasteiger partial charge in [0.1, 0.15) is 0 Å². The standard InChI is InChI=1S/C16H18ClN3O/c1-10-7-14(13-8-11(17)4-5-15(13)19-10)16(21)20-6-2-3-12(18)9-20/h4-5,7-8,12H,2-3,6,9,18H2,1H3/t12-/m1/s1. The van der Waals surface area contributed by atoms with Crippen molar-refractivity contribution >= 4 is 28.4 Å². The summed E-state index contributed by atoms with van der Waals surface area (Å²) >= 11 is 6.07. The molecule has 1 aliphatic rings. The van der Waals surface area contributed by atoms with Gasteiger partial charge in [0.2, 0.25) is 0 Å². The number of amides is 1. The average Bonchev–Trinajstić information content (AvgIpc) is 2.46. The van der Waals surface area contributed by atoms with Crippen molar-refractivity contribution in [2.24, 2.45) is 5.73 Å². The number of nitrogens with two attached hydrogens (primary N) is 1. The minimum absolute atomic E-state index is 0.0166. The molecule has 1 saturated heterocycles. The summed E-state index contributed by atoms with van der Waals surface area (Å²) in [5, 5.41) is 1.41. The van der Waals surface area contributed by atoms with Crippen LogP contribution < -0.4 is 5.73 Å². The van der Waals surface area contributed by atoms with Crippen molar-refractivity contribution in [1.82, 2.24) is 9.88 Å². The number of benzene rings is 1. The van der Waals surface area contributed by atoms with E-state index in [1.165, 1.54) is 0 Å². The van der Waals surface area contributed by atoms with Gasteiger partial charge in [-0.05, 0) is 44.0 Å². The molecule has 1 atom stereocenters. The summed E-state index contributed by atoms with van der Waals surface area (Å²) in [5.74, 6) is 0.0166. The fraction of sp³-hybridized carbons (Fsp3) is 0.375. The van der Waals surface area contributed by atoms with Crippen LogP contribution in [-0.2, 0) is 0 Å². The molecule has 0 unspecified atom stereocenters. The van der Waals surface area contributed by atoms with Crippen molar-refractivity contribution in [2.45, 2.75) is 25.8 Å². The minimum Gasteiger partial charge on any atom is -0.337 e. The summed E-state index contributed by atoms with van der Waals surface area (Å²) in [5.41, 5.74) is 8.27. The Morgan fingerprint density at radius 2 is 2.24 bits per heavy atom. The highest BCUT2D eigenvalue weighted by molar-refractivity contribution is 6.31. The molecule has 4 nitrogen and oxygen atoms in total. The maximum atomic E-state index is 12.8. The third-order valence-corrected chi connectivity index (χ3v) is 4.11. The van der Waals surface area contributed by atoms with E-state index < -0.39 is 0 Å². The van der Waals surface area contributed by atoms with E-state index in [9.17, 15) is 4.79 Å². The van der Waals surface area contributed by atoms with E-state index in [1.807, 2.05) is 24.0 Å². The molecular formula is C16H18ClN3O. The van der Waals surface area contributed by atoms with Crippen LogP contribution in [0.5, 0.6) is 0 Å². The molecule has 1 fully saturated rings. The summed E-state index contributed by atoms with van der Waals surface area (Å²) in [7, 11) is 0. The summed E-state index contributed by atoms with van der Waals surface area (Å²) in [6, 6.07) is 7.35. The third-order valence-electron chi connectivity index (χ3n) is 3.87. The quantitative estimate of drug-likeness (QED) is 0.881. The van der Waals surface area contributed by atoms with E-state index >= 15 is 0 Å². The number of halogens is 1. The second-order valence-corrected chi connectivity index (χ2v) is 6.06. The summed E-state index contributed by atoms with van der Waals surface area (Å²) in [6.45, 7) is 3.27. The van der Waals surface area contributed by atoms with E-state index in [0.29, 0.717) is 17.1 Å². The average molecular weight is 304 g/mol. The second kappa shape index (κ2) is 5.62. The molecule has 2 heterocycles. The zero-order chi connectivity index (χ0) is 15.0. The molecule has 5 heteroatoms. The highest BCUT2D eigenvalue weighted by Gasteiger charge is 2.24.